The first-order chi connectivity index (χ1) is 38.6. The first kappa shape index (κ1) is 57.4. The summed E-state index contributed by atoms with van der Waals surface area (Å²) in [7, 11) is 1.72. The van der Waals surface area contributed by atoms with E-state index < -0.39 is 29.4 Å². The zero-order valence-corrected chi connectivity index (χ0v) is 48.6. The van der Waals surface area contributed by atoms with Gasteiger partial charge in [0.2, 0.25) is 5.91 Å². The molecule has 3 unspecified atom stereocenters. The summed E-state index contributed by atoms with van der Waals surface area (Å²) in [6, 6.07) is 20.3. The van der Waals surface area contributed by atoms with Crippen LogP contribution in [0.5, 0.6) is 0 Å². The third kappa shape index (κ3) is 11.6. The molecule has 10 atom stereocenters. The molecule has 10 heteroatoms. The maximum absolute atomic E-state index is 17.3. The number of allylic oxidation sites excluding steroid dienone is 6. The first-order valence-electron chi connectivity index (χ1n) is 30.1. The van der Waals surface area contributed by atoms with E-state index in [1.54, 1.807) is 26.2 Å². The SMILES string of the molecule is C=C([C@@H](C/C(=C\C)OC)C(C)C)N1CCC[C@H]1C1=Cc2cc([C@H]3CC[C@H](c4cc5c(cc4F)NC([C@@H]4CCCC4/C(=C\C)[C@@H](NC(C)=O)C(C)C)=CC5)C3c3cc(F)c(C4CCO[C@@H](c5ccccc5)CC4)c(F)c3)c(F)cc2C1. The second kappa shape index (κ2) is 24.7. The van der Waals surface area contributed by atoms with E-state index in [9.17, 15) is 4.79 Å². The van der Waals surface area contributed by atoms with Crippen molar-refractivity contribution in [3.05, 3.63) is 188 Å². The van der Waals surface area contributed by atoms with Crippen LogP contribution in [-0.2, 0) is 27.1 Å². The van der Waals surface area contributed by atoms with E-state index in [-0.39, 0.29) is 70.9 Å². The average molecular weight is 1090 g/mol. The fourth-order valence-electron chi connectivity index (χ4n) is 15.5. The Bertz CT molecular complexity index is 3040. The molecule has 4 fully saturated rings. The van der Waals surface area contributed by atoms with Crippen LogP contribution in [0, 0.1) is 52.9 Å². The second-order valence-electron chi connectivity index (χ2n) is 24.7. The van der Waals surface area contributed by atoms with Crippen molar-refractivity contribution in [1.82, 2.24) is 10.2 Å². The first-order valence-corrected chi connectivity index (χ1v) is 30.1. The van der Waals surface area contributed by atoms with Crippen LogP contribution in [0.2, 0.25) is 0 Å². The molecule has 2 N–H and O–H groups in total. The number of fused-ring (bicyclic) bond motifs is 2. The lowest BCUT2D eigenvalue weighted by Gasteiger charge is -2.36. The van der Waals surface area contributed by atoms with E-state index in [2.05, 4.69) is 68.4 Å². The van der Waals surface area contributed by atoms with Gasteiger partial charge in [0.15, 0.2) is 0 Å². The number of ether oxygens (including phenoxy) is 2. The molecule has 6 aliphatic rings. The normalized spacial score (nSPS) is 25.9. The molecule has 4 aromatic rings. The number of likely N-dealkylation sites (tertiary alicyclic amines) is 1. The molecular weight excluding hydrogens is 1010 g/mol. The Morgan fingerprint density at radius 1 is 0.800 bits per heavy atom. The molecule has 2 saturated heterocycles. The van der Waals surface area contributed by atoms with Gasteiger partial charge in [0.1, 0.15) is 23.3 Å². The quantitative estimate of drug-likeness (QED) is 0.0627. The molecule has 3 heterocycles. The third-order valence-electron chi connectivity index (χ3n) is 19.5. The minimum atomic E-state index is -0.618. The van der Waals surface area contributed by atoms with Gasteiger partial charge in [-0.15, -0.1) is 0 Å². The fraction of sp³-hybridized carbons (Fsp3) is 0.500. The smallest absolute Gasteiger partial charge is 0.217 e. The number of rotatable bonds is 17. The Kier molecular flexibility index (Phi) is 17.7. The Morgan fingerprint density at radius 2 is 1.52 bits per heavy atom. The van der Waals surface area contributed by atoms with E-state index >= 15 is 17.6 Å². The standard InChI is InChI=1S/C70H85F4N3O3/c1-10-51(79-9)38-57(40(3)4)42(7)77-29-16-21-66(77)49-31-47-34-59(60(71)35-48(47)32-49)56-25-24-55(68(56)50-36-62(73)69(63(74)37-50)45-23-27-67(80-30-28-45)44-17-13-12-14-18-44)58-33-46-22-26-64(76-65(46)39-61(58)72)54-20-15-19-53(54)52(11-2)70(41(5)6)75-43(8)78/h10-14,17-18,26,31,33-37,39-41,45,53-57,66-68,70,76H,7,15-16,19-25,27-30,32,38H2,1-6,8-9H3,(H,75,78)/b51-10+,52-11+/t45?,53?,54-,55-,56-,57+,66+,67-,68?,70+/m1/s1. The molecule has 4 aromatic carbocycles. The highest BCUT2D eigenvalue weighted by Crippen LogP contribution is 2.57. The molecule has 0 spiro atoms. The summed E-state index contributed by atoms with van der Waals surface area (Å²) in [6.45, 7) is 20.4. The number of carbonyl (C=O) groups is 1. The number of halogens is 4. The summed E-state index contributed by atoms with van der Waals surface area (Å²) in [6.07, 6.45) is 18.3. The summed E-state index contributed by atoms with van der Waals surface area (Å²) in [5, 5.41) is 6.89. The predicted molar refractivity (Wildman–Crippen MR) is 315 cm³/mol. The van der Waals surface area contributed by atoms with Crippen LogP contribution < -0.4 is 10.6 Å². The lowest BCUT2D eigenvalue weighted by molar-refractivity contribution is -0.119. The highest BCUT2D eigenvalue weighted by Gasteiger charge is 2.44. The van der Waals surface area contributed by atoms with Crippen LogP contribution in [0.15, 0.2) is 120 Å². The van der Waals surface area contributed by atoms with Crippen LogP contribution in [0.3, 0.4) is 0 Å². The number of anilines is 1. The van der Waals surface area contributed by atoms with E-state index in [0.717, 1.165) is 90.2 Å². The molecule has 0 bridgehead atoms. The molecule has 80 heavy (non-hydrogen) atoms. The molecular formula is C70H85F4N3O3. The summed E-state index contributed by atoms with van der Waals surface area (Å²) in [5.41, 5.74) is 10.8. The number of methoxy groups -OCH3 is 1. The van der Waals surface area contributed by atoms with Gasteiger partial charge in [0.25, 0.3) is 0 Å². The van der Waals surface area contributed by atoms with Gasteiger partial charge in [0, 0.05) is 61.0 Å². The molecule has 0 aromatic heterocycles. The minimum Gasteiger partial charge on any atom is -0.501 e. The van der Waals surface area contributed by atoms with Gasteiger partial charge in [0.05, 0.1) is 31.1 Å². The van der Waals surface area contributed by atoms with Crippen molar-refractivity contribution >= 4 is 17.7 Å². The van der Waals surface area contributed by atoms with Gasteiger partial charge >= 0.3 is 0 Å². The number of nitrogens with zero attached hydrogens (tertiary/aromatic N) is 1. The Hall–Kier alpha value is -5.87. The van der Waals surface area contributed by atoms with Crippen molar-refractivity contribution in [3.63, 3.8) is 0 Å². The fourth-order valence-corrected chi connectivity index (χ4v) is 15.5. The molecule has 426 valence electrons. The van der Waals surface area contributed by atoms with Gasteiger partial charge in [-0.3, -0.25) is 4.79 Å². The monoisotopic (exact) mass is 1090 g/mol. The Balaban J connectivity index is 0.971. The molecule has 6 nitrogen and oxygen atoms in total. The van der Waals surface area contributed by atoms with Crippen molar-refractivity contribution in [2.75, 3.05) is 25.6 Å². The second-order valence-corrected chi connectivity index (χ2v) is 24.7. The van der Waals surface area contributed by atoms with Crippen LogP contribution >= 0.6 is 0 Å². The molecule has 0 radical (unpaired) electrons. The van der Waals surface area contributed by atoms with Crippen LogP contribution in [0.4, 0.5) is 23.2 Å². The van der Waals surface area contributed by atoms with Crippen molar-refractivity contribution in [1.29, 1.82) is 0 Å². The predicted octanol–water partition coefficient (Wildman–Crippen LogP) is 17.2. The number of nitrogens with one attached hydrogen (secondary N) is 2. The average Bonchev–Trinajstić information content (AvgIpc) is 4.34. The summed E-state index contributed by atoms with van der Waals surface area (Å²) in [5.74, 6) is -1.82. The summed E-state index contributed by atoms with van der Waals surface area (Å²) < 4.78 is 80.8. The van der Waals surface area contributed by atoms with Crippen LogP contribution in [0.25, 0.3) is 6.08 Å². The summed E-state index contributed by atoms with van der Waals surface area (Å²) >= 11 is 0. The third-order valence-corrected chi connectivity index (χ3v) is 19.5. The van der Waals surface area contributed by atoms with E-state index in [1.807, 2.05) is 55.5 Å². The minimum absolute atomic E-state index is 0.0471. The largest absolute Gasteiger partial charge is 0.501 e. The zero-order chi connectivity index (χ0) is 56.5. The number of amides is 1. The zero-order valence-electron chi connectivity index (χ0n) is 48.6. The topological polar surface area (TPSA) is 62.8 Å². The Labute approximate surface area is 474 Å². The van der Waals surface area contributed by atoms with Crippen LogP contribution in [-0.4, -0.2) is 43.2 Å². The molecule has 1 amide bonds. The number of hydrogen-bond donors (Lipinski definition) is 2. The van der Waals surface area contributed by atoms with E-state index in [1.165, 1.54) is 23.3 Å². The highest BCUT2D eigenvalue weighted by atomic mass is 19.1. The lowest BCUT2D eigenvalue weighted by Crippen LogP contribution is -2.41. The van der Waals surface area contributed by atoms with Gasteiger partial charge in [-0.05, 0) is 212 Å². The number of carbonyl (C=O) groups excluding carboxylic acids is 1. The van der Waals surface area contributed by atoms with Crippen molar-refractivity contribution in [2.24, 2.45) is 29.6 Å². The molecule has 3 aliphatic heterocycles. The molecule has 3 aliphatic carbocycles. The summed E-state index contributed by atoms with van der Waals surface area (Å²) in [4.78, 5) is 14.8. The van der Waals surface area contributed by atoms with Gasteiger partial charge < -0.3 is 25.0 Å². The van der Waals surface area contributed by atoms with Crippen LogP contribution in [0.1, 0.15) is 193 Å². The van der Waals surface area contributed by atoms with Crippen molar-refractivity contribution < 1.29 is 31.8 Å². The maximum Gasteiger partial charge on any atom is 0.217 e. The maximum atomic E-state index is 17.3. The van der Waals surface area contributed by atoms with Crippen molar-refractivity contribution in [2.45, 2.75) is 174 Å². The molecule has 10 rings (SSSR count). The van der Waals surface area contributed by atoms with E-state index in [4.69, 9.17) is 16.1 Å². The number of hydrogen-bond acceptors (Lipinski definition) is 5. The van der Waals surface area contributed by atoms with Gasteiger partial charge in [-0.1, -0.05) is 95.3 Å². The van der Waals surface area contributed by atoms with Gasteiger partial charge in [-0.2, -0.15) is 0 Å². The highest BCUT2D eigenvalue weighted by molar-refractivity contribution is 5.74. The number of benzene rings is 4. The lowest BCUT2D eigenvalue weighted by atomic mass is 9.75. The van der Waals surface area contributed by atoms with Gasteiger partial charge in [-0.25, -0.2) is 17.6 Å². The Morgan fingerprint density at radius 3 is 2.20 bits per heavy atom. The van der Waals surface area contributed by atoms with Crippen molar-refractivity contribution in [3.8, 4) is 0 Å². The van der Waals surface area contributed by atoms with E-state index in [0.29, 0.717) is 74.2 Å². The molecule has 2 saturated carbocycles.